The minimum absolute atomic E-state index is 0.123. The minimum atomic E-state index is -1.21. The van der Waals surface area contributed by atoms with Crippen molar-refractivity contribution in [1.82, 2.24) is 5.32 Å². The van der Waals surface area contributed by atoms with Crippen LogP contribution < -0.4 is 5.32 Å². The molecular weight excluding hydrogens is 365 g/mol. The Balaban J connectivity index is 2.55. The zero-order chi connectivity index (χ0) is 17.8. The van der Waals surface area contributed by atoms with E-state index in [1.54, 1.807) is 20.8 Å². The van der Waals surface area contributed by atoms with Gasteiger partial charge < -0.3 is 20.3 Å². The van der Waals surface area contributed by atoms with Crippen molar-refractivity contribution in [3.05, 3.63) is 32.8 Å². The predicted octanol–water partition coefficient (Wildman–Crippen LogP) is 3.96. The molecule has 0 spiro atoms. The average Bonchev–Trinajstić information content (AvgIpc) is 2.41. The Morgan fingerprint density at radius 1 is 1.22 bits per heavy atom. The lowest BCUT2D eigenvalue weighted by Crippen LogP contribution is -2.34. The van der Waals surface area contributed by atoms with Crippen molar-refractivity contribution < 1.29 is 19.7 Å². The monoisotopic (exact) mass is 383 g/mol. The highest BCUT2D eigenvalue weighted by atomic mass is 35.5. The summed E-state index contributed by atoms with van der Waals surface area (Å²) in [4.78, 5) is 11.5. The Hall–Kier alpha value is -0.720. The Morgan fingerprint density at radius 3 is 2.22 bits per heavy atom. The molecule has 1 aromatic rings. The molecule has 2 atom stereocenters. The summed E-state index contributed by atoms with van der Waals surface area (Å²) < 4.78 is 5.07. The molecule has 0 fully saturated rings. The lowest BCUT2D eigenvalue weighted by Gasteiger charge is -2.21. The molecule has 130 valence electrons. The maximum Gasteiger partial charge on any atom is 0.407 e. The van der Waals surface area contributed by atoms with Gasteiger partial charge in [-0.05, 0) is 44.9 Å². The highest BCUT2D eigenvalue weighted by Crippen LogP contribution is 2.34. The molecule has 5 nitrogen and oxygen atoms in total. The lowest BCUT2D eigenvalue weighted by molar-refractivity contribution is 0.0123. The van der Waals surface area contributed by atoms with E-state index >= 15 is 0 Å². The van der Waals surface area contributed by atoms with E-state index in [0.29, 0.717) is 5.56 Å². The second-order valence-corrected chi connectivity index (χ2v) is 7.22. The molecule has 2 unspecified atom stereocenters. The van der Waals surface area contributed by atoms with Gasteiger partial charge in [0.05, 0.1) is 21.2 Å². The van der Waals surface area contributed by atoms with Crippen LogP contribution in [0.15, 0.2) is 12.1 Å². The third-order valence-corrected chi connectivity index (χ3v) is 4.02. The van der Waals surface area contributed by atoms with Crippen LogP contribution in [-0.2, 0) is 4.74 Å². The summed E-state index contributed by atoms with van der Waals surface area (Å²) in [6.45, 7) is 5.39. The van der Waals surface area contributed by atoms with Gasteiger partial charge in [0, 0.05) is 6.54 Å². The van der Waals surface area contributed by atoms with E-state index in [9.17, 15) is 15.0 Å². The summed E-state index contributed by atoms with van der Waals surface area (Å²) in [5.41, 5.74) is -0.256. The molecule has 0 aromatic heterocycles. The summed E-state index contributed by atoms with van der Waals surface area (Å²) in [6, 6.07) is 2.87. The summed E-state index contributed by atoms with van der Waals surface area (Å²) in [5.74, 6) is 0. The Bertz CT molecular complexity index is 537. The summed E-state index contributed by atoms with van der Waals surface area (Å²) >= 11 is 17.6. The van der Waals surface area contributed by atoms with Gasteiger partial charge in [0.1, 0.15) is 11.7 Å². The molecule has 1 aromatic carbocycles. The van der Waals surface area contributed by atoms with E-state index in [0.717, 1.165) is 0 Å². The summed E-state index contributed by atoms with van der Waals surface area (Å²) in [7, 11) is 0. The number of carbonyl (C=O) groups excluding carboxylic acids is 1. The molecule has 0 radical (unpaired) electrons. The molecule has 3 N–H and O–H groups in total. The first-order chi connectivity index (χ1) is 10.5. The van der Waals surface area contributed by atoms with Crippen LogP contribution in [0.25, 0.3) is 0 Å². The predicted molar refractivity (Wildman–Crippen MR) is 91.3 cm³/mol. The fourth-order valence-electron chi connectivity index (χ4n) is 1.76. The number of hydrogen-bond acceptors (Lipinski definition) is 4. The highest BCUT2D eigenvalue weighted by Gasteiger charge is 2.21. The molecule has 8 heteroatoms. The summed E-state index contributed by atoms with van der Waals surface area (Å²) in [6.07, 6.45) is -2.78. The number of aliphatic hydroxyl groups excluding tert-OH is 2. The van der Waals surface area contributed by atoms with Gasteiger partial charge in [-0.25, -0.2) is 4.79 Å². The third kappa shape index (κ3) is 6.73. The molecule has 1 amide bonds. The number of aliphatic hydroxyl groups is 2. The fourth-order valence-corrected chi connectivity index (χ4v) is 2.38. The van der Waals surface area contributed by atoms with E-state index in [-0.39, 0.29) is 28.0 Å². The molecule has 0 aliphatic carbocycles. The zero-order valence-corrected chi connectivity index (χ0v) is 15.3. The SMILES string of the molecule is CC(C)(C)OC(=O)NCCC(O)C(O)c1cc(Cl)c(Cl)c(Cl)c1. The second kappa shape index (κ2) is 8.40. The van der Waals surface area contributed by atoms with Gasteiger partial charge in [0.25, 0.3) is 0 Å². The van der Waals surface area contributed by atoms with Crippen LogP contribution in [-0.4, -0.2) is 34.6 Å². The number of benzene rings is 1. The van der Waals surface area contributed by atoms with Gasteiger partial charge in [-0.2, -0.15) is 0 Å². The quantitative estimate of drug-likeness (QED) is 0.672. The van der Waals surface area contributed by atoms with Crippen molar-refractivity contribution in [3.8, 4) is 0 Å². The standard InChI is InChI=1S/C15H20Cl3NO4/c1-15(2,3)23-14(22)19-5-4-11(20)13(21)8-6-9(16)12(18)10(17)7-8/h6-7,11,13,20-21H,4-5H2,1-3H3,(H,19,22). The molecular formula is C15H20Cl3NO4. The van der Waals surface area contributed by atoms with Crippen LogP contribution in [0.5, 0.6) is 0 Å². The van der Waals surface area contributed by atoms with E-state index in [2.05, 4.69) is 5.32 Å². The maximum absolute atomic E-state index is 11.5. The van der Waals surface area contributed by atoms with Gasteiger partial charge in [-0.15, -0.1) is 0 Å². The number of amides is 1. The van der Waals surface area contributed by atoms with Gasteiger partial charge in [0.2, 0.25) is 0 Å². The lowest BCUT2D eigenvalue weighted by atomic mass is 10.0. The molecule has 0 saturated carbocycles. The van der Waals surface area contributed by atoms with Crippen molar-refractivity contribution in [2.45, 2.75) is 45.0 Å². The largest absolute Gasteiger partial charge is 0.444 e. The Labute approximate surface area is 150 Å². The van der Waals surface area contributed by atoms with Crippen LogP contribution in [0, 0.1) is 0 Å². The van der Waals surface area contributed by atoms with E-state index in [1.807, 2.05) is 0 Å². The van der Waals surface area contributed by atoms with Crippen LogP contribution >= 0.6 is 34.8 Å². The first-order valence-corrected chi connectivity index (χ1v) is 8.12. The molecule has 0 aliphatic rings. The van der Waals surface area contributed by atoms with Crippen LogP contribution in [0.1, 0.15) is 38.9 Å². The topological polar surface area (TPSA) is 78.8 Å². The first-order valence-electron chi connectivity index (χ1n) is 6.98. The summed E-state index contributed by atoms with van der Waals surface area (Å²) in [5, 5.41) is 23.2. The average molecular weight is 385 g/mol. The minimum Gasteiger partial charge on any atom is -0.444 e. The van der Waals surface area contributed by atoms with E-state index in [1.165, 1.54) is 12.1 Å². The number of hydrogen-bond donors (Lipinski definition) is 3. The van der Waals surface area contributed by atoms with Crippen molar-refractivity contribution in [3.63, 3.8) is 0 Å². The normalized spacial score (nSPS) is 14.3. The number of nitrogens with one attached hydrogen (secondary N) is 1. The van der Waals surface area contributed by atoms with E-state index < -0.39 is 23.9 Å². The number of ether oxygens (including phenoxy) is 1. The van der Waals surface area contributed by atoms with Gasteiger partial charge in [0.15, 0.2) is 0 Å². The van der Waals surface area contributed by atoms with Gasteiger partial charge in [-0.1, -0.05) is 34.8 Å². The third-order valence-electron chi connectivity index (χ3n) is 2.82. The van der Waals surface area contributed by atoms with Crippen molar-refractivity contribution in [2.75, 3.05) is 6.54 Å². The number of halogens is 3. The van der Waals surface area contributed by atoms with Gasteiger partial charge in [-0.3, -0.25) is 0 Å². The van der Waals surface area contributed by atoms with Crippen LogP contribution in [0.3, 0.4) is 0 Å². The molecule has 0 saturated heterocycles. The van der Waals surface area contributed by atoms with Crippen LogP contribution in [0.2, 0.25) is 15.1 Å². The number of alkyl carbamates (subject to hydrolysis) is 1. The Kier molecular flexibility index (Phi) is 7.42. The smallest absolute Gasteiger partial charge is 0.407 e. The molecule has 0 aliphatic heterocycles. The maximum atomic E-state index is 11.5. The van der Waals surface area contributed by atoms with Crippen molar-refractivity contribution >= 4 is 40.9 Å². The zero-order valence-electron chi connectivity index (χ0n) is 13.1. The van der Waals surface area contributed by atoms with Crippen molar-refractivity contribution in [1.29, 1.82) is 0 Å². The highest BCUT2D eigenvalue weighted by molar-refractivity contribution is 6.48. The number of rotatable bonds is 5. The van der Waals surface area contributed by atoms with Crippen LogP contribution in [0.4, 0.5) is 4.79 Å². The Morgan fingerprint density at radius 2 is 1.74 bits per heavy atom. The van der Waals surface area contributed by atoms with Crippen molar-refractivity contribution in [2.24, 2.45) is 0 Å². The first kappa shape index (κ1) is 20.3. The molecule has 23 heavy (non-hydrogen) atoms. The molecule has 1 rings (SSSR count). The fraction of sp³-hybridized carbons (Fsp3) is 0.533. The van der Waals surface area contributed by atoms with E-state index in [4.69, 9.17) is 39.5 Å². The second-order valence-electron chi connectivity index (χ2n) is 6.03. The molecule has 0 bridgehead atoms. The van der Waals surface area contributed by atoms with Gasteiger partial charge >= 0.3 is 6.09 Å². The molecule has 0 heterocycles. The number of carbonyl (C=O) groups is 1.